The zero-order valence-corrected chi connectivity index (χ0v) is 11.9. The standard InChI is InChI=1S/C13H15N5OS/c1-18-6-5-15-13(18)20-12-9(11(14)17-19)7-8-3-2-4-10(8)16-12/h5-7,19H,2-4H2,1H3,(H2,14,17). The van der Waals surface area contributed by atoms with Gasteiger partial charge in [-0.25, -0.2) is 9.97 Å². The fourth-order valence-electron chi connectivity index (χ4n) is 2.30. The van der Waals surface area contributed by atoms with E-state index in [1.54, 1.807) is 6.20 Å². The van der Waals surface area contributed by atoms with Gasteiger partial charge in [0.15, 0.2) is 11.0 Å². The summed E-state index contributed by atoms with van der Waals surface area (Å²) in [6.45, 7) is 0. The van der Waals surface area contributed by atoms with Crippen LogP contribution in [0.15, 0.2) is 33.8 Å². The molecule has 0 aliphatic heterocycles. The van der Waals surface area contributed by atoms with Crippen molar-refractivity contribution < 1.29 is 5.21 Å². The molecular formula is C13H15N5OS. The summed E-state index contributed by atoms with van der Waals surface area (Å²) in [5.41, 5.74) is 8.74. The van der Waals surface area contributed by atoms with Crippen LogP contribution < -0.4 is 5.73 Å². The minimum Gasteiger partial charge on any atom is -0.409 e. The van der Waals surface area contributed by atoms with Gasteiger partial charge in [0.25, 0.3) is 0 Å². The van der Waals surface area contributed by atoms with Gasteiger partial charge in [-0.05, 0) is 42.7 Å². The van der Waals surface area contributed by atoms with Crippen molar-refractivity contribution in [2.75, 3.05) is 0 Å². The molecule has 0 saturated heterocycles. The van der Waals surface area contributed by atoms with Crippen LogP contribution in [0.1, 0.15) is 23.2 Å². The number of rotatable bonds is 3. The Morgan fingerprint density at radius 1 is 1.50 bits per heavy atom. The Hall–Kier alpha value is -2.02. The van der Waals surface area contributed by atoms with Crippen LogP contribution in [0.25, 0.3) is 0 Å². The molecule has 0 spiro atoms. The van der Waals surface area contributed by atoms with Crippen LogP contribution in [0.3, 0.4) is 0 Å². The van der Waals surface area contributed by atoms with Crippen LogP contribution >= 0.6 is 11.8 Å². The van der Waals surface area contributed by atoms with E-state index >= 15 is 0 Å². The summed E-state index contributed by atoms with van der Waals surface area (Å²) in [4.78, 5) is 8.95. The number of hydrogen-bond donors (Lipinski definition) is 2. The van der Waals surface area contributed by atoms with Crippen molar-refractivity contribution in [2.24, 2.45) is 17.9 Å². The van der Waals surface area contributed by atoms with Crippen LogP contribution in [-0.4, -0.2) is 25.6 Å². The van der Waals surface area contributed by atoms with Crippen molar-refractivity contribution in [3.8, 4) is 0 Å². The van der Waals surface area contributed by atoms with Gasteiger partial charge in [0.2, 0.25) is 0 Å². The number of aromatic nitrogens is 3. The number of imidazole rings is 1. The molecule has 0 amide bonds. The molecule has 0 unspecified atom stereocenters. The quantitative estimate of drug-likeness (QED) is 0.387. The van der Waals surface area contributed by atoms with Crippen molar-refractivity contribution >= 4 is 17.6 Å². The predicted molar refractivity (Wildman–Crippen MR) is 76.1 cm³/mol. The summed E-state index contributed by atoms with van der Waals surface area (Å²) < 4.78 is 1.91. The predicted octanol–water partition coefficient (Wildman–Crippen LogP) is 1.55. The highest BCUT2D eigenvalue weighted by molar-refractivity contribution is 7.99. The highest BCUT2D eigenvalue weighted by Crippen LogP contribution is 2.31. The second kappa shape index (κ2) is 5.16. The molecule has 1 aliphatic rings. The molecule has 3 N–H and O–H groups in total. The lowest BCUT2D eigenvalue weighted by molar-refractivity contribution is 0.318. The SMILES string of the molecule is Cn1ccnc1Sc1nc2c(cc1C(N)=NO)CCC2. The lowest BCUT2D eigenvalue weighted by Gasteiger charge is -2.10. The first-order chi connectivity index (χ1) is 9.69. The molecule has 2 aromatic rings. The monoisotopic (exact) mass is 289 g/mol. The van der Waals surface area contributed by atoms with E-state index in [-0.39, 0.29) is 5.84 Å². The van der Waals surface area contributed by atoms with Gasteiger partial charge in [0, 0.05) is 25.1 Å². The first-order valence-corrected chi connectivity index (χ1v) is 7.16. The highest BCUT2D eigenvalue weighted by atomic mass is 32.2. The smallest absolute Gasteiger partial charge is 0.174 e. The molecule has 0 radical (unpaired) electrons. The Bertz CT molecular complexity index is 679. The summed E-state index contributed by atoms with van der Waals surface area (Å²) in [6.07, 6.45) is 6.70. The molecule has 1 aliphatic carbocycles. The van der Waals surface area contributed by atoms with E-state index < -0.39 is 0 Å². The Labute approximate surface area is 120 Å². The summed E-state index contributed by atoms with van der Waals surface area (Å²) in [7, 11) is 1.92. The number of amidine groups is 1. The zero-order chi connectivity index (χ0) is 14.1. The Morgan fingerprint density at radius 3 is 3.05 bits per heavy atom. The first-order valence-electron chi connectivity index (χ1n) is 6.35. The Balaban J connectivity index is 2.06. The van der Waals surface area contributed by atoms with Gasteiger partial charge >= 0.3 is 0 Å². The van der Waals surface area contributed by atoms with E-state index in [1.807, 2.05) is 23.9 Å². The summed E-state index contributed by atoms with van der Waals surface area (Å²) in [5, 5.41) is 13.6. The molecule has 3 rings (SSSR count). The highest BCUT2D eigenvalue weighted by Gasteiger charge is 2.20. The average molecular weight is 289 g/mol. The van der Waals surface area contributed by atoms with Gasteiger partial charge in [-0.2, -0.15) is 0 Å². The maximum absolute atomic E-state index is 8.95. The Morgan fingerprint density at radius 2 is 2.35 bits per heavy atom. The number of hydrogen-bond acceptors (Lipinski definition) is 5. The molecule has 104 valence electrons. The lowest BCUT2D eigenvalue weighted by Crippen LogP contribution is -2.16. The minimum atomic E-state index is 0.0870. The molecule has 2 heterocycles. The van der Waals surface area contributed by atoms with Gasteiger partial charge < -0.3 is 15.5 Å². The number of oxime groups is 1. The second-order valence-corrected chi connectivity index (χ2v) is 5.66. The van der Waals surface area contributed by atoms with E-state index in [9.17, 15) is 0 Å². The molecule has 0 atom stereocenters. The van der Waals surface area contributed by atoms with E-state index in [2.05, 4.69) is 15.1 Å². The van der Waals surface area contributed by atoms with Crippen molar-refractivity contribution in [3.63, 3.8) is 0 Å². The van der Waals surface area contributed by atoms with E-state index in [0.29, 0.717) is 5.56 Å². The van der Waals surface area contributed by atoms with Crippen LogP contribution in [0.2, 0.25) is 0 Å². The number of pyridine rings is 1. The third-order valence-electron chi connectivity index (χ3n) is 3.36. The molecular weight excluding hydrogens is 274 g/mol. The Kier molecular flexibility index (Phi) is 3.35. The van der Waals surface area contributed by atoms with Gasteiger partial charge in [0.05, 0.1) is 5.56 Å². The van der Waals surface area contributed by atoms with Crippen molar-refractivity contribution in [2.45, 2.75) is 29.4 Å². The molecule has 0 aromatic carbocycles. The van der Waals surface area contributed by atoms with Crippen molar-refractivity contribution in [1.82, 2.24) is 14.5 Å². The van der Waals surface area contributed by atoms with E-state index in [0.717, 1.165) is 35.1 Å². The number of nitrogens with two attached hydrogens (primary N) is 1. The van der Waals surface area contributed by atoms with Gasteiger partial charge in [-0.15, -0.1) is 0 Å². The van der Waals surface area contributed by atoms with E-state index in [1.165, 1.54) is 17.3 Å². The summed E-state index contributed by atoms with van der Waals surface area (Å²) in [5.74, 6) is 0.0870. The maximum Gasteiger partial charge on any atom is 0.174 e. The van der Waals surface area contributed by atoms with Crippen LogP contribution in [0, 0.1) is 0 Å². The molecule has 6 nitrogen and oxygen atoms in total. The lowest BCUT2D eigenvalue weighted by atomic mass is 10.1. The molecule has 7 heteroatoms. The molecule has 2 aromatic heterocycles. The fourth-order valence-corrected chi connectivity index (χ4v) is 3.23. The number of aryl methyl sites for hydroxylation is 3. The first kappa shape index (κ1) is 13.0. The average Bonchev–Trinajstić information content (AvgIpc) is 3.06. The van der Waals surface area contributed by atoms with Crippen molar-refractivity contribution in [1.29, 1.82) is 0 Å². The van der Waals surface area contributed by atoms with E-state index in [4.69, 9.17) is 10.9 Å². The van der Waals surface area contributed by atoms with Gasteiger partial charge in [0.1, 0.15) is 5.03 Å². The molecule has 0 saturated carbocycles. The number of fused-ring (bicyclic) bond motifs is 1. The zero-order valence-electron chi connectivity index (χ0n) is 11.1. The maximum atomic E-state index is 8.95. The normalized spacial score (nSPS) is 14.6. The summed E-state index contributed by atoms with van der Waals surface area (Å²) >= 11 is 1.43. The third kappa shape index (κ3) is 2.24. The van der Waals surface area contributed by atoms with Crippen molar-refractivity contribution in [3.05, 3.63) is 35.3 Å². The third-order valence-corrected chi connectivity index (χ3v) is 4.44. The molecule has 20 heavy (non-hydrogen) atoms. The topological polar surface area (TPSA) is 89.3 Å². The summed E-state index contributed by atoms with van der Waals surface area (Å²) in [6, 6.07) is 1.98. The van der Waals surface area contributed by atoms with Crippen LogP contribution in [-0.2, 0) is 19.9 Å². The van der Waals surface area contributed by atoms with Gasteiger partial charge in [-0.1, -0.05) is 5.16 Å². The van der Waals surface area contributed by atoms with Crippen LogP contribution in [0.5, 0.6) is 0 Å². The number of nitrogens with zero attached hydrogens (tertiary/aromatic N) is 4. The second-order valence-electron chi connectivity index (χ2n) is 4.71. The van der Waals surface area contributed by atoms with Gasteiger partial charge in [-0.3, -0.25) is 0 Å². The van der Waals surface area contributed by atoms with Crippen LogP contribution in [0.4, 0.5) is 0 Å². The molecule has 0 bridgehead atoms. The fraction of sp³-hybridized carbons (Fsp3) is 0.308. The minimum absolute atomic E-state index is 0.0870. The molecule has 0 fully saturated rings. The largest absolute Gasteiger partial charge is 0.409 e.